The Morgan fingerprint density at radius 2 is 1.69 bits per heavy atom. The fraction of sp³-hybridized carbons (Fsp3) is 0.500. The number of halogens is 1. The zero-order valence-electron chi connectivity index (χ0n) is 20.5. The number of hydrogen-bond acceptors (Lipinski definition) is 4. The number of nitrogens with zero attached hydrogens (tertiary/aromatic N) is 2. The van der Waals surface area contributed by atoms with Gasteiger partial charge in [0.2, 0.25) is 5.91 Å². The highest BCUT2D eigenvalue weighted by molar-refractivity contribution is 5.79. The van der Waals surface area contributed by atoms with Gasteiger partial charge in [0.25, 0.3) is 0 Å². The predicted octanol–water partition coefficient (Wildman–Crippen LogP) is 3.59. The van der Waals surface area contributed by atoms with Crippen LogP contribution in [0.4, 0.5) is 9.18 Å². The Hall–Kier alpha value is -3.13. The number of benzene rings is 2. The second kappa shape index (κ2) is 11.3. The minimum Gasteiger partial charge on any atom is -0.491 e. The van der Waals surface area contributed by atoms with Crippen molar-refractivity contribution >= 4 is 11.9 Å². The number of hydrogen-bond donors (Lipinski definition) is 1. The molecule has 3 aliphatic rings. The molecular weight excluding hydrogens is 461 g/mol. The summed E-state index contributed by atoms with van der Waals surface area (Å²) in [7, 11) is 0. The molecule has 3 atom stereocenters. The Morgan fingerprint density at radius 1 is 1.00 bits per heavy atom. The molecule has 2 aromatic carbocycles. The molecule has 3 fully saturated rings. The molecule has 3 heterocycles. The average Bonchev–Trinajstić information content (AvgIpc) is 2.93. The summed E-state index contributed by atoms with van der Waals surface area (Å²) in [5, 5.41) is 2.98. The largest absolute Gasteiger partial charge is 0.491 e. The summed E-state index contributed by atoms with van der Waals surface area (Å²) >= 11 is 0. The van der Waals surface area contributed by atoms with E-state index >= 15 is 0 Å². The van der Waals surface area contributed by atoms with E-state index in [0.717, 1.165) is 19.3 Å². The molecule has 0 bridgehead atoms. The Labute approximate surface area is 211 Å². The molecule has 3 saturated heterocycles. The lowest BCUT2D eigenvalue weighted by Gasteiger charge is -2.44. The lowest BCUT2D eigenvalue weighted by molar-refractivity contribution is -0.139. The third-order valence-electron chi connectivity index (χ3n) is 7.62. The molecule has 192 valence electrons. The van der Waals surface area contributed by atoms with E-state index in [-0.39, 0.29) is 43.2 Å². The average molecular weight is 496 g/mol. The number of nitrogens with one attached hydrogen (secondary N) is 1. The first-order chi connectivity index (χ1) is 17.6. The zero-order chi connectivity index (χ0) is 24.9. The van der Waals surface area contributed by atoms with Crippen molar-refractivity contribution in [2.24, 2.45) is 5.92 Å². The number of amides is 3. The number of ether oxygens (including phenoxy) is 2. The molecular formula is C28H34FN3O4. The summed E-state index contributed by atoms with van der Waals surface area (Å²) in [5.74, 6) is 1.17. The maximum Gasteiger partial charge on any atom is 0.320 e. The van der Waals surface area contributed by atoms with Crippen molar-refractivity contribution in [1.29, 1.82) is 0 Å². The third-order valence-corrected chi connectivity index (χ3v) is 7.62. The first-order valence-corrected chi connectivity index (χ1v) is 12.9. The van der Waals surface area contributed by atoms with E-state index in [1.165, 1.54) is 11.1 Å². The van der Waals surface area contributed by atoms with E-state index in [1.807, 2.05) is 28.0 Å². The molecule has 3 aliphatic heterocycles. The van der Waals surface area contributed by atoms with Gasteiger partial charge in [0.1, 0.15) is 25.6 Å². The quantitative estimate of drug-likeness (QED) is 0.665. The van der Waals surface area contributed by atoms with Crippen molar-refractivity contribution < 1.29 is 23.5 Å². The van der Waals surface area contributed by atoms with E-state index in [4.69, 9.17) is 9.47 Å². The summed E-state index contributed by atoms with van der Waals surface area (Å²) in [6.45, 7) is 2.23. The fourth-order valence-corrected chi connectivity index (χ4v) is 5.82. The Kier molecular flexibility index (Phi) is 7.70. The third kappa shape index (κ3) is 5.48. The van der Waals surface area contributed by atoms with E-state index in [1.54, 1.807) is 0 Å². The number of piperidine rings is 2. The molecule has 0 radical (unpaired) electrons. The minimum atomic E-state index is -0.507. The standard InChI is InChI=1S/C28H34FN3O4/c29-13-17-35-23-8-6-21(7-9-23)27(20-4-2-1-3-5-20)22-10-14-31(15-11-22)28(34)32-16-12-25-24(18-32)30-26(33)19-36-25/h1-9,22,24-25,27H,10-19H2,(H,30,33)/t24-,25+,27-/m1/s1. The van der Waals surface area contributed by atoms with Crippen molar-refractivity contribution in [2.45, 2.75) is 37.3 Å². The highest BCUT2D eigenvalue weighted by atomic mass is 19.1. The fourth-order valence-electron chi connectivity index (χ4n) is 5.82. The van der Waals surface area contributed by atoms with Crippen LogP contribution in [0.1, 0.15) is 36.3 Å². The normalized spacial score (nSPS) is 23.5. The van der Waals surface area contributed by atoms with Gasteiger partial charge in [-0.3, -0.25) is 4.79 Å². The molecule has 2 aromatic rings. The Morgan fingerprint density at radius 3 is 2.42 bits per heavy atom. The number of fused-ring (bicyclic) bond motifs is 1. The number of morpholine rings is 1. The highest BCUT2D eigenvalue weighted by Crippen LogP contribution is 2.38. The van der Waals surface area contributed by atoms with Gasteiger partial charge in [-0.25, -0.2) is 9.18 Å². The van der Waals surface area contributed by atoms with Gasteiger partial charge in [0, 0.05) is 32.1 Å². The number of carbonyl (C=O) groups excluding carboxylic acids is 2. The van der Waals surface area contributed by atoms with Gasteiger partial charge in [0.05, 0.1) is 12.1 Å². The van der Waals surface area contributed by atoms with Crippen LogP contribution in [-0.4, -0.2) is 80.0 Å². The van der Waals surface area contributed by atoms with Gasteiger partial charge < -0.3 is 24.6 Å². The van der Waals surface area contributed by atoms with E-state index in [9.17, 15) is 14.0 Å². The molecule has 0 saturated carbocycles. The number of alkyl halides is 1. The zero-order valence-corrected chi connectivity index (χ0v) is 20.5. The Bertz CT molecular complexity index is 1030. The molecule has 3 amide bonds. The van der Waals surface area contributed by atoms with E-state index < -0.39 is 6.67 Å². The van der Waals surface area contributed by atoms with Crippen molar-refractivity contribution in [1.82, 2.24) is 15.1 Å². The smallest absolute Gasteiger partial charge is 0.320 e. The summed E-state index contributed by atoms with van der Waals surface area (Å²) in [6, 6.07) is 18.4. The van der Waals surface area contributed by atoms with Crippen LogP contribution in [0.25, 0.3) is 0 Å². The molecule has 0 unspecified atom stereocenters. The predicted molar refractivity (Wildman–Crippen MR) is 134 cm³/mol. The second-order valence-corrected chi connectivity index (χ2v) is 9.86. The molecule has 5 rings (SSSR count). The SMILES string of the molecule is O=C1CO[C@H]2CCN(C(=O)N3CCC([C@H](c4ccccc4)c4ccc(OCCF)cc4)CC3)C[C@H]2N1. The Balaban J connectivity index is 1.24. The van der Waals surface area contributed by atoms with Crippen LogP contribution in [-0.2, 0) is 9.53 Å². The summed E-state index contributed by atoms with van der Waals surface area (Å²) in [5.41, 5.74) is 2.46. The molecule has 0 aromatic heterocycles. The van der Waals surface area contributed by atoms with Gasteiger partial charge in [-0.1, -0.05) is 42.5 Å². The van der Waals surface area contributed by atoms with E-state index in [0.29, 0.717) is 37.8 Å². The van der Waals surface area contributed by atoms with Crippen molar-refractivity contribution in [3.8, 4) is 5.75 Å². The molecule has 1 N–H and O–H groups in total. The van der Waals surface area contributed by atoms with Crippen molar-refractivity contribution in [2.75, 3.05) is 46.1 Å². The van der Waals surface area contributed by atoms with Crippen LogP contribution >= 0.6 is 0 Å². The molecule has 7 nitrogen and oxygen atoms in total. The molecule has 36 heavy (non-hydrogen) atoms. The number of carbonyl (C=O) groups is 2. The second-order valence-electron chi connectivity index (χ2n) is 9.86. The van der Waals surface area contributed by atoms with Crippen molar-refractivity contribution in [3.05, 3.63) is 65.7 Å². The van der Waals surface area contributed by atoms with Crippen LogP contribution in [0.5, 0.6) is 5.75 Å². The van der Waals surface area contributed by atoms with Gasteiger partial charge in [-0.2, -0.15) is 0 Å². The molecule has 0 spiro atoms. The van der Waals surface area contributed by atoms with Gasteiger partial charge in [0.15, 0.2) is 0 Å². The van der Waals surface area contributed by atoms with Gasteiger partial charge in [-0.05, 0) is 48.4 Å². The molecule has 8 heteroatoms. The minimum absolute atomic E-state index is 0.00196. The van der Waals surface area contributed by atoms with Crippen LogP contribution in [0.15, 0.2) is 54.6 Å². The van der Waals surface area contributed by atoms with Gasteiger partial charge in [-0.15, -0.1) is 0 Å². The summed E-state index contributed by atoms with van der Waals surface area (Å²) in [6.07, 6.45) is 2.56. The lowest BCUT2D eigenvalue weighted by Crippen LogP contribution is -2.62. The first kappa shape index (κ1) is 24.6. The number of urea groups is 1. The first-order valence-electron chi connectivity index (χ1n) is 12.9. The highest BCUT2D eigenvalue weighted by Gasteiger charge is 2.38. The topological polar surface area (TPSA) is 71.1 Å². The van der Waals surface area contributed by atoms with Crippen LogP contribution in [0, 0.1) is 5.92 Å². The summed E-state index contributed by atoms with van der Waals surface area (Å²) in [4.78, 5) is 28.8. The van der Waals surface area contributed by atoms with Gasteiger partial charge >= 0.3 is 6.03 Å². The maximum absolute atomic E-state index is 13.3. The van der Waals surface area contributed by atoms with Crippen LogP contribution in [0.3, 0.4) is 0 Å². The maximum atomic E-state index is 13.3. The molecule has 0 aliphatic carbocycles. The monoisotopic (exact) mass is 495 g/mol. The van der Waals surface area contributed by atoms with Crippen LogP contribution < -0.4 is 10.1 Å². The van der Waals surface area contributed by atoms with E-state index in [2.05, 4.69) is 41.7 Å². The number of likely N-dealkylation sites (tertiary alicyclic amines) is 2. The summed E-state index contributed by atoms with van der Waals surface area (Å²) < 4.78 is 23.5. The number of rotatable bonds is 6. The lowest BCUT2D eigenvalue weighted by atomic mass is 9.76. The van der Waals surface area contributed by atoms with Crippen LogP contribution in [0.2, 0.25) is 0 Å². The van der Waals surface area contributed by atoms with Crippen molar-refractivity contribution in [3.63, 3.8) is 0 Å².